The van der Waals surface area contributed by atoms with Gasteiger partial charge in [-0.1, -0.05) is 40.0 Å². The third-order valence-electron chi connectivity index (χ3n) is 6.38. The van der Waals surface area contributed by atoms with Gasteiger partial charge in [-0.15, -0.1) is 0 Å². The molecule has 0 aromatic carbocycles. The zero-order valence-corrected chi connectivity index (χ0v) is 23.6. The van der Waals surface area contributed by atoms with Crippen LogP contribution in [-0.2, 0) is 24.0 Å². The van der Waals surface area contributed by atoms with Crippen LogP contribution in [0.25, 0.3) is 0 Å². The SMILES string of the molecule is CC(C)(C)C(=O)[C@H](CCCNC(N)=O)NC(=O)[C@H](CCCCCN)NC(=O)CCCCCN1C(=O)C=CC1=O. The van der Waals surface area contributed by atoms with E-state index in [9.17, 15) is 28.8 Å². The molecule has 39 heavy (non-hydrogen) atoms. The standard InChI is InChI=1S/C27H46N6O6/c1-27(2,3)24(37)19(12-10-17-30-26(29)39)32-25(38)20(11-6-4-8-16-28)31-21(34)13-7-5-9-18-33-22(35)14-15-23(33)36/h14-15,19-20H,4-13,16-18,28H2,1-3H3,(H,31,34)(H,32,38)(H3,29,30,39)/t19-,20-/m0/s1. The lowest BCUT2D eigenvalue weighted by molar-refractivity contribution is -0.137. The summed E-state index contributed by atoms with van der Waals surface area (Å²) in [6.45, 7) is 6.43. The van der Waals surface area contributed by atoms with Crippen LogP contribution >= 0.6 is 0 Å². The van der Waals surface area contributed by atoms with Crippen molar-refractivity contribution in [3.8, 4) is 0 Å². The lowest BCUT2D eigenvalue weighted by Gasteiger charge is -2.27. The molecule has 0 saturated carbocycles. The fourth-order valence-corrected chi connectivity index (χ4v) is 4.17. The van der Waals surface area contributed by atoms with E-state index in [0.717, 1.165) is 12.8 Å². The second-order valence-electron chi connectivity index (χ2n) is 10.8. The van der Waals surface area contributed by atoms with E-state index in [1.165, 1.54) is 17.1 Å². The maximum absolute atomic E-state index is 13.2. The number of imide groups is 1. The largest absolute Gasteiger partial charge is 0.352 e. The monoisotopic (exact) mass is 550 g/mol. The number of carbonyl (C=O) groups excluding carboxylic acids is 6. The summed E-state index contributed by atoms with van der Waals surface area (Å²) in [7, 11) is 0. The summed E-state index contributed by atoms with van der Waals surface area (Å²) in [6.07, 6.45) is 7.88. The van der Waals surface area contributed by atoms with Crippen molar-refractivity contribution in [2.75, 3.05) is 19.6 Å². The Balaban J connectivity index is 2.69. The van der Waals surface area contributed by atoms with Gasteiger partial charge in [-0.2, -0.15) is 0 Å². The summed E-state index contributed by atoms with van der Waals surface area (Å²) >= 11 is 0. The van der Waals surface area contributed by atoms with Gasteiger partial charge >= 0.3 is 6.03 Å². The van der Waals surface area contributed by atoms with Gasteiger partial charge < -0.3 is 27.4 Å². The molecule has 12 heteroatoms. The minimum Gasteiger partial charge on any atom is -0.352 e. The number of primary amides is 1. The molecule has 220 valence electrons. The number of hydrogen-bond acceptors (Lipinski definition) is 7. The topological polar surface area (TPSA) is 194 Å². The van der Waals surface area contributed by atoms with Crippen LogP contribution in [0.4, 0.5) is 4.79 Å². The average Bonchev–Trinajstić information content (AvgIpc) is 3.18. The van der Waals surface area contributed by atoms with E-state index >= 15 is 0 Å². The lowest BCUT2D eigenvalue weighted by Crippen LogP contribution is -2.53. The van der Waals surface area contributed by atoms with Gasteiger partial charge in [-0.05, 0) is 45.1 Å². The van der Waals surface area contributed by atoms with E-state index in [1.807, 2.05) is 0 Å². The number of unbranched alkanes of at least 4 members (excludes halogenated alkanes) is 4. The molecular formula is C27H46N6O6. The van der Waals surface area contributed by atoms with Gasteiger partial charge in [-0.3, -0.25) is 28.9 Å². The van der Waals surface area contributed by atoms with E-state index in [4.69, 9.17) is 11.5 Å². The van der Waals surface area contributed by atoms with Crippen molar-refractivity contribution in [3.05, 3.63) is 12.2 Å². The van der Waals surface area contributed by atoms with E-state index in [-0.39, 0.29) is 36.5 Å². The molecule has 0 radical (unpaired) electrons. The first-order chi connectivity index (χ1) is 18.4. The second-order valence-corrected chi connectivity index (χ2v) is 10.8. The second kappa shape index (κ2) is 17.3. The van der Waals surface area contributed by atoms with Crippen LogP contribution in [0.1, 0.15) is 85.0 Å². The molecular weight excluding hydrogens is 504 g/mol. The molecule has 2 atom stereocenters. The summed E-state index contributed by atoms with van der Waals surface area (Å²) in [4.78, 5) is 74.3. The van der Waals surface area contributed by atoms with E-state index in [0.29, 0.717) is 58.0 Å². The van der Waals surface area contributed by atoms with Crippen LogP contribution in [0, 0.1) is 5.41 Å². The summed E-state index contributed by atoms with van der Waals surface area (Å²) in [6, 6.07) is -2.24. The van der Waals surface area contributed by atoms with Gasteiger partial charge in [0.2, 0.25) is 11.8 Å². The highest BCUT2D eigenvalue weighted by atomic mass is 16.2. The molecule has 6 amide bonds. The number of carbonyl (C=O) groups is 6. The minimum absolute atomic E-state index is 0.145. The van der Waals surface area contributed by atoms with Gasteiger partial charge in [-0.25, -0.2) is 4.79 Å². The van der Waals surface area contributed by atoms with Crippen molar-refractivity contribution in [3.63, 3.8) is 0 Å². The smallest absolute Gasteiger partial charge is 0.312 e. The summed E-state index contributed by atoms with van der Waals surface area (Å²) in [5.41, 5.74) is 9.97. The first-order valence-corrected chi connectivity index (χ1v) is 13.8. The van der Waals surface area contributed by atoms with Gasteiger partial charge in [0.15, 0.2) is 5.78 Å². The van der Waals surface area contributed by atoms with E-state index in [2.05, 4.69) is 16.0 Å². The van der Waals surface area contributed by atoms with Crippen LogP contribution in [0.2, 0.25) is 0 Å². The molecule has 0 spiro atoms. The summed E-state index contributed by atoms with van der Waals surface area (Å²) < 4.78 is 0. The fourth-order valence-electron chi connectivity index (χ4n) is 4.17. The Bertz CT molecular complexity index is 880. The van der Waals surface area contributed by atoms with Gasteiger partial charge in [0.25, 0.3) is 11.8 Å². The molecule has 0 aliphatic carbocycles. The lowest BCUT2D eigenvalue weighted by atomic mass is 9.84. The molecule has 0 fully saturated rings. The molecule has 0 bridgehead atoms. The number of nitrogens with two attached hydrogens (primary N) is 2. The predicted octanol–water partition coefficient (Wildman–Crippen LogP) is 1.02. The summed E-state index contributed by atoms with van der Waals surface area (Å²) in [5.74, 6) is -1.51. The Morgan fingerprint density at radius 1 is 0.846 bits per heavy atom. The highest BCUT2D eigenvalue weighted by Crippen LogP contribution is 2.19. The van der Waals surface area contributed by atoms with Crippen LogP contribution in [0.5, 0.6) is 0 Å². The van der Waals surface area contributed by atoms with Crippen molar-refractivity contribution in [1.29, 1.82) is 0 Å². The van der Waals surface area contributed by atoms with E-state index < -0.39 is 29.4 Å². The Morgan fingerprint density at radius 2 is 1.46 bits per heavy atom. The minimum atomic E-state index is -0.805. The zero-order valence-electron chi connectivity index (χ0n) is 23.6. The van der Waals surface area contributed by atoms with Crippen LogP contribution < -0.4 is 27.4 Å². The Morgan fingerprint density at radius 3 is 2.05 bits per heavy atom. The third-order valence-corrected chi connectivity index (χ3v) is 6.38. The van der Waals surface area contributed by atoms with Gasteiger partial charge in [0.1, 0.15) is 6.04 Å². The summed E-state index contributed by atoms with van der Waals surface area (Å²) in [5, 5.41) is 8.11. The van der Waals surface area contributed by atoms with Gasteiger partial charge in [0.05, 0.1) is 6.04 Å². The van der Waals surface area contributed by atoms with Crippen molar-refractivity contribution < 1.29 is 28.8 Å². The fraction of sp³-hybridized carbons (Fsp3) is 0.704. The number of hydrogen-bond donors (Lipinski definition) is 5. The maximum atomic E-state index is 13.2. The molecule has 0 aromatic rings. The molecule has 0 saturated heterocycles. The number of nitrogens with zero attached hydrogens (tertiary/aromatic N) is 1. The Hall–Kier alpha value is -3.28. The highest BCUT2D eigenvalue weighted by molar-refractivity contribution is 6.12. The number of rotatable bonds is 19. The molecule has 1 heterocycles. The molecule has 0 unspecified atom stereocenters. The van der Waals surface area contributed by atoms with E-state index in [1.54, 1.807) is 20.8 Å². The van der Waals surface area contributed by atoms with Crippen molar-refractivity contribution in [2.24, 2.45) is 16.9 Å². The quantitative estimate of drug-likeness (QED) is 0.117. The van der Waals surface area contributed by atoms with Crippen LogP contribution in [0.15, 0.2) is 12.2 Å². The average molecular weight is 551 g/mol. The first kappa shape index (κ1) is 33.7. The maximum Gasteiger partial charge on any atom is 0.312 e. The van der Waals surface area contributed by atoms with Crippen molar-refractivity contribution in [2.45, 2.75) is 97.1 Å². The highest BCUT2D eigenvalue weighted by Gasteiger charge is 2.32. The molecule has 7 N–H and O–H groups in total. The van der Waals surface area contributed by atoms with Crippen LogP contribution in [0.3, 0.4) is 0 Å². The number of urea groups is 1. The predicted molar refractivity (Wildman–Crippen MR) is 147 cm³/mol. The van der Waals surface area contributed by atoms with Gasteiger partial charge in [0, 0.05) is 37.1 Å². The van der Waals surface area contributed by atoms with Crippen LogP contribution in [-0.4, -0.2) is 72.1 Å². The van der Waals surface area contributed by atoms with Crippen molar-refractivity contribution in [1.82, 2.24) is 20.9 Å². The molecule has 1 aliphatic heterocycles. The Kier molecular flexibility index (Phi) is 15.0. The number of nitrogens with one attached hydrogen (secondary N) is 3. The van der Waals surface area contributed by atoms with Crippen molar-refractivity contribution >= 4 is 35.4 Å². The molecule has 1 rings (SSSR count). The zero-order chi connectivity index (χ0) is 29.4. The third kappa shape index (κ3) is 13.4. The number of Topliss-reactive ketones (excluding diaryl/α,β-unsaturated/α-hetero) is 1. The molecule has 1 aliphatic rings. The normalized spacial score (nSPS) is 14.7. The number of ketones is 1. The number of amides is 6. The Labute approximate surface area is 231 Å². The first-order valence-electron chi connectivity index (χ1n) is 13.8. The molecule has 12 nitrogen and oxygen atoms in total. The molecule has 0 aromatic heterocycles.